The minimum atomic E-state index is -0.829. The maximum atomic E-state index is 10.6. The average molecular weight is 212 g/mol. The molecule has 15 heavy (non-hydrogen) atoms. The average Bonchev–Trinajstić information content (AvgIpc) is 2.10. The molecule has 7 nitrogen and oxygen atoms in total. The third kappa shape index (κ3) is 1.71. The van der Waals surface area contributed by atoms with Crippen LogP contribution in [-0.4, -0.2) is 15.0 Å². The van der Waals surface area contributed by atoms with Gasteiger partial charge in [0, 0.05) is 11.6 Å². The fraction of sp³-hybridized carbons (Fsp3) is 0.250. The first-order chi connectivity index (χ1) is 6.86. The number of nitro benzene ring substituents is 2. The second-order valence-corrected chi connectivity index (χ2v) is 3.05. The van der Waals surface area contributed by atoms with E-state index in [-0.39, 0.29) is 16.8 Å². The highest BCUT2D eigenvalue weighted by Crippen LogP contribution is 2.38. The van der Waals surface area contributed by atoms with E-state index in [1.807, 2.05) is 0 Å². The number of hydrogen-bond donors (Lipinski definition) is 1. The van der Waals surface area contributed by atoms with Crippen molar-refractivity contribution in [1.82, 2.24) is 0 Å². The molecule has 0 saturated heterocycles. The lowest BCUT2D eigenvalue weighted by Gasteiger charge is -2.03. The van der Waals surface area contributed by atoms with Crippen molar-refractivity contribution in [2.45, 2.75) is 13.8 Å². The molecular formula is C8H8N2O5. The van der Waals surface area contributed by atoms with E-state index < -0.39 is 21.3 Å². The zero-order valence-electron chi connectivity index (χ0n) is 8.05. The summed E-state index contributed by atoms with van der Waals surface area (Å²) in [6.07, 6.45) is 0. The van der Waals surface area contributed by atoms with E-state index in [1.54, 1.807) is 0 Å². The van der Waals surface area contributed by atoms with E-state index in [0.717, 1.165) is 6.07 Å². The van der Waals surface area contributed by atoms with Crippen LogP contribution >= 0.6 is 0 Å². The normalized spacial score (nSPS) is 10.0. The van der Waals surface area contributed by atoms with Gasteiger partial charge in [-0.05, 0) is 13.8 Å². The molecule has 0 atom stereocenters. The molecule has 80 valence electrons. The van der Waals surface area contributed by atoms with Gasteiger partial charge in [0.25, 0.3) is 5.69 Å². The van der Waals surface area contributed by atoms with Gasteiger partial charge in [0.05, 0.1) is 9.85 Å². The Labute approximate surface area is 84.3 Å². The lowest BCUT2D eigenvalue weighted by atomic mass is 10.1. The molecule has 1 aromatic rings. The second-order valence-electron chi connectivity index (χ2n) is 3.05. The van der Waals surface area contributed by atoms with Crippen LogP contribution in [0.3, 0.4) is 0 Å². The van der Waals surface area contributed by atoms with Gasteiger partial charge in [0.1, 0.15) is 5.56 Å². The molecule has 0 heterocycles. The van der Waals surface area contributed by atoms with Crippen molar-refractivity contribution in [2.24, 2.45) is 0 Å². The van der Waals surface area contributed by atoms with E-state index in [0.29, 0.717) is 0 Å². The second kappa shape index (κ2) is 3.52. The predicted octanol–water partition coefficient (Wildman–Crippen LogP) is 1.83. The van der Waals surface area contributed by atoms with E-state index in [2.05, 4.69) is 0 Å². The lowest BCUT2D eigenvalue weighted by Crippen LogP contribution is -1.99. The van der Waals surface area contributed by atoms with Crippen LogP contribution in [0.25, 0.3) is 0 Å². The molecule has 0 aliphatic carbocycles. The van der Waals surface area contributed by atoms with E-state index in [4.69, 9.17) is 0 Å². The minimum Gasteiger partial charge on any atom is -0.502 e. The summed E-state index contributed by atoms with van der Waals surface area (Å²) in [5, 5.41) is 30.5. The summed E-state index contributed by atoms with van der Waals surface area (Å²) >= 11 is 0. The molecular weight excluding hydrogens is 204 g/mol. The van der Waals surface area contributed by atoms with Crippen molar-refractivity contribution >= 4 is 11.4 Å². The summed E-state index contributed by atoms with van der Waals surface area (Å²) < 4.78 is 0. The Morgan fingerprint density at radius 2 is 1.73 bits per heavy atom. The summed E-state index contributed by atoms with van der Waals surface area (Å²) in [4.78, 5) is 19.6. The molecule has 0 aromatic heterocycles. The summed E-state index contributed by atoms with van der Waals surface area (Å²) in [6, 6.07) is 1.11. The number of hydrogen-bond acceptors (Lipinski definition) is 5. The highest BCUT2D eigenvalue weighted by Gasteiger charge is 2.27. The first-order valence-corrected chi connectivity index (χ1v) is 3.98. The number of aromatic hydroxyl groups is 1. The topological polar surface area (TPSA) is 107 Å². The zero-order valence-corrected chi connectivity index (χ0v) is 8.05. The third-order valence-corrected chi connectivity index (χ3v) is 2.07. The quantitative estimate of drug-likeness (QED) is 0.594. The maximum absolute atomic E-state index is 10.6. The lowest BCUT2D eigenvalue weighted by molar-refractivity contribution is -0.395. The molecule has 0 aliphatic rings. The molecule has 0 fully saturated rings. The standard InChI is InChI=1S/C8H8N2O5/c1-4-3-6(9(12)13)5(2)7(8(4)11)10(14)15/h3,11H,1-2H3. The van der Waals surface area contributed by atoms with Gasteiger partial charge in [-0.3, -0.25) is 20.2 Å². The molecule has 0 radical (unpaired) electrons. The number of aryl methyl sites for hydroxylation is 1. The van der Waals surface area contributed by atoms with E-state index >= 15 is 0 Å². The fourth-order valence-corrected chi connectivity index (χ4v) is 1.28. The van der Waals surface area contributed by atoms with Gasteiger partial charge >= 0.3 is 5.69 Å². The van der Waals surface area contributed by atoms with Crippen LogP contribution in [0.4, 0.5) is 11.4 Å². The van der Waals surface area contributed by atoms with Crippen molar-refractivity contribution in [2.75, 3.05) is 0 Å². The molecule has 0 unspecified atom stereocenters. The molecule has 0 aliphatic heterocycles. The Kier molecular flexibility index (Phi) is 2.56. The molecule has 0 saturated carbocycles. The largest absolute Gasteiger partial charge is 0.502 e. The Balaban J connectivity index is 3.63. The minimum absolute atomic E-state index is 0.110. The SMILES string of the molecule is Cc1cc([N+](=O)[O-])c(C)c([N+](=O)[O-])c1O. The van der Waals surface area contributed by atoms with Crippen molar-refractivity contribution in [3.8, 4) is 5.75 Å². The predicted molar refractivity (Wildman–Crippen MR) is 50.9 cm³/mol. The first kappa shape index (κ1) is 10.9. The number of rotatable bonds is 2. The Bertz CT molecular complexity index is 455. The third-order valence-electron chi connectivity index (χ3n) is 2.07. The number of benzene rings is 1. The van der Waals surface area contributed by atoms with Crippen molar-refractivity contribution in [1.29, 1.82) is 0 Å². The Morgan fingerprint density at radius 3 is 2.13 bits per heavy atom. The number of phenolic OH excluding ortho intramolecular Hbond substituents is 1. The molecule has 0 bridgehead atoms. The van der Waals surface area contributed by atoms with Crippen LogP contribution < -0.4 is 0 Å². The fourth-order valence-electron chi connectivity index (χ4n) is 1.28. The van der Waals surface area contributed by atoms with Crippen molar-refractivity contribution < 1.29 is 15.0 Å². The van der Waals surface area contributed by atoms with Crippen molar-refractivity contribution in [3.05, 3.63) is 37.4 Å². The van der Waals surface area contributed by atoms with Crippen LogP contribution in [0.1, 0.15) is 11.1 Å². The van der Waals surface area contributed by atoms with Gasteiger partial charge in [-0.1, -0.05) is 0 Å². The summed E-state index contributed by atoms with van der Waals surface area (Å²) in [7, 11) is 0. The van der Waals surface area contributed by atoms with Crippen LogP contribution in [0.2, 0.25) is 0 Å². The van der Waals surface area contributed by atoms with Crippen LogP contribution in [-0.2, 0) is 0 Å². The van der Waals surface area contributed by atoms with E-state index in [1.165, 1.54) is 13.8 Å². The van der Waals surface area contributed by atoms with E-state index in [9.17, 15) is 25.3 Å². The molecule has 1 rings (SSSR count). The molecule has 1 aromatic carbocycles. The Morgan fingerprint density at radius 1 is 1.20 bits per heavy atom. The number of nitrogens with zero attached hydrogens (tertiary/aromatic N) is 2. The van der Waals surface area contributed by atoms with Gasteiger partial charge in [0.2, 0.25) is 0 Å². The zero-order chi connectivity index (χ0) is 11.7. The monoisotopic (exact) mass is 212 g/mol. The highest BCUT2D eigenvalue weighted by molar-refractivity contribution is 5.63. The van der Waals surface area contributed by atoms with Gasteiger partial charge in [0.15, 0.2) is 5.75 Å². The molecule has 7 heteroatoms. The van der Waals surface area contributed by atoms with Crippen LogP contribution in [0, 0.1) is 34.1 Å². The molecule has 0 spiro atoms. The number of phenols is 1. The summed E-state index contributed by atoms with van der Waals surface area (Å²) in [5.41, 5.74) is -1.01. The summed E-state index contributed by atoms with van der Waals surface area (Å²) in [6.45, 7) is 2.60. The maximum Gasteiger partial charge on any atom is 0.320 e. The van der Waals surface area contributed by atoms with Gasteiger partial charge < -0.3 is 5.11 Å². The Hall–Kier alpha value is -2.18. The first-order valence-electron chi connectivity index (χ1n) is 3.98. The smallest absolute Gasteiger partial charge is 0.320 e. The molecule has 1 N–H and O–H groups in total. The highest BCUT2D eigenvalue weighted by atomic mass is 16.6. The summed E-state index contributed by atoms with van der Waals surface area (Å²) in [5.74, 6) is -0.525. The van der Waals surface area contributed by atoms with Gasteiger partial charge in [-0.25, -0.2) is 0 Å². The van der Waals surface area contributed by atoms with Gasteiger partial charge in [-0.2, -0.15) is 0 Å². The van der Waals surface area contributed by atoms with Crippen LogP contribution in [0.15, 0.2) is 6.07 Å². The van der Waals surface area contributed by atoms with Crippen LogP contribution in [0.5, 0.6) is 5.75 Å². The molecule has 0 amide bonds. The number of nitro groups is 2. The van der Waals surface area contributed by atoms with Gasteiger partial charge in [-0.15, -0.1) is 0 Å². The van der Waals surface area contributed by atoms with Crippen molar-refractivity contribution in [3.63, 3.8) is 0 Å².